The van der Waals surface area contributed by atoms with E-state index in [1.807, 2.05) is 19.4 Å². The minimum absolute atomic E-state index is 0.440. The molecule has 8 heteroatoms. The van der Waals surface area contributed by atoms with Crippen molar-refractivity contribution < 1.29 is 4.74 Å². The van der Waals surface area contributed by atoms with Gasteiger partial charge in [0.15, 0.2) is 0 Å². The van der Waals surface area contributed by atoms with Gasteiger partial charge in [-0.2, -0.15) is 5.10 Å². The van der Waals surface area contributed by atoms with Gasteiger partial charge in [0, 0.05) is 66.6 Å². The number of aryl methyl sites for hydroxylation is 1. The van der Waals surface area contributed by atoms with Crippen LogP contribution in [0.3, 0.4) is 0 Å². The summed E-state index contributed by atoms with van der Waals surface area (Å²) in [4.78, 5) is 11.9. The molecule has 0 atom stereocenters. The second-order valence-electron chi connectivity index (χ2n) is 9.41. The van der Waals surface area contributed by atoms with Gasteiger partial charge in [-0.3, -0.25) is 9.58 Å². The minimum Gasteiger partial charge on any atom is -0.379 e. The zero-order chi connectivity index (χ0) is 22.4. The van der Waals surface area contributed by atoms with E-state index >= 15 is 0 Å². The maximum Gasteiger partial charge on any atom is 0.137 e. The van der Waals surface area contributed by atoms with Crippen molar-refractivity contribution in [2.24, 2.45) is 7.05 Å². The van der Waals surface area contributed by atoms with Crippen LogP contribution in [0, 0.1) is 0 Å². The third kappa shape index (κ3) is 4.03. The van der Waals surface area contributed by atoms with Crippen molar-refractivity contribution in [3.8, 4) is 22.3 Å². The molecule has 6 rings (SSSR count). The fourth-order valence-corrected chi connectivity index (χ4v) is 5.92. The van der Waals surface area contributed by atoms with Crippen molar-refractivity contribution in [3.63, 3.8) is 0 Å². The van der Waals surface area contributed by atoms with Crippen molar-refractivity contribution in [2.45, 2.75) is 44.2 Å². The fourth-order valence-electron chi connectivity index (χ4n) is 5.63. The van der Waals surface area contributed by atoms with Gasteiger partial charge < -0.3 is 10.1 Å². The number of anilines is 1. The maximum atomic E-state index is 6.67. The molecule has 0 spiro atoms. The molecule has 2 fully saturated rings. The first-order valence-electron chi connectivity index (χ1n) is 11.9. The maximum absolute atomic E-state index is 6.67. The van der Waals surface area contributed by atoms with E-state index in [0.29, 0.717) is 12.1 Å². The highest BCUT2D eigenvalue weighted by atomic mass is 35.5. The summed E-state index contributed by atoms with van der Waals surface area (Å²) in [6.07, 6.45) is 11.1. The Morgan fingerprint density at radius 3 is 2.64 bits per heavy atom. The Balaban J connectivity index is 1.24. The molecule has 3 aromatic rings. The lowest BCUT2D eigenvalue weighted by molar-refractivity contribution is 0.00791. The highest BCUT2D eigenvalue weighted by Crippen LogP contribution is 2.44. The summed E-state index contributed by atoms with van der Waals surface area (Å²) in [5.41, 5.74) is 6.61. The van der Waals surface area contributed by atoms with Gasteiger partial charge in [0.1, 0.15) is 12.1 Å². The average molecular weight is 465 g/mol. The molecule has 1 aromatic carbocycles. The van der Waals surface area contributed by atoms with Gasteiger partial charge in [0.25, 0.3) is 0 Å². The molecule has 1 saturated carbocycles. The summed E-state index contributed by atoms with van der Waals surface area (Å²) < 4.78 is 7.33. The standard InChI is InChI=1S/C25H29ClN6O/c1-31-14-17(13-29-31)20-12-21-16(10-22(20)26)11-23-24(21)25(28-15-27-23)30-18-2-4-19(5-3-18)32-6-8-33-9-7-32/h10,12-15,18-19H,2-9,11H2,1H3,(H,27,28,30). The summed E-state index contributed by atoms with van der Waals surface area (Å²) in [5.74, 6) is 0.952. The zero-order valence-corrected chi connectivity index (χ0v) is 19.7. The number of nitrogens with one attached hydrogen (secondary N) is 1. The first-order valence-corrected chi connectivity index (χ1v) is 12.3. The summed E-state index contributed by atoms with van der Waals surface area (Å²) >= 11 is 6.67. The molecule has 0 unspecified atom stereocenters. The van der Waals surface area contributed by atoms with Crippen LogP contribution >= 0.6 is 11.6 Å². The number of rotatable bonds is 4. The van der Waals surface area contributed by atoms with Crippen LogP contribution in [0.2, 0.25) is 5.02 Å². The predicted octanol–water partition coefficient (Wildman–Crippen LogP) is 4.16. The molecule has 2 aliphatic carbocycles. The minimum atomic E-state index is 0.440. The largest absolute Gasteiger partial charge is 0.379 e. The van der Waals surface area contributed by atoms with E-state index in [1.165, 1.54) is 24.0 Å². The van der Waals surface area contributed by atoms with E-state index in [1.54, 1.807) is 11.0 Å². The molecule has 0 bridgehead atoms. The van der Waals surface area contributed by atoms with Gasteiger partial charge in [-0.05, 0) is 48.9 Å². The monoisotopic (exact) mass is 464 g/mol. The van der Waals surface area contributed by atoms with Gasteiger partial charge in [-0.25, -0.2) is 9.97 Å². The van der Waals surface area contributed by atoms with E-state index in [9.17, 15) is 0 Å². The number of nitrogens with zero attached hydrogens (tertiary/aromatic N) is 5. The molecule has 0 radical (unpaired) electrons. The zero-order valence-electron chi connectivity index (χ0n) is 18.9. The molecule has 1 aliphatic heterocycles. The first-order chi connectivity index (χ1) is 16.2. The molecule has 2 aromatic heterocycles. The number of hydrogen-bond acceptors (Lipinski definition) is 6. The van der Waals surface area contributed by atoms with Crippen molar-refractivity contribution in [3.05, 3.63) is 47.1 Å². The van der Waals surface area contributed by atoms with Crippen molar-refractivity contribution in [2.75, 3.05) is 31.6 Å². The summed E-state index contributed by atoms with van der Waals surface area (Å²) in [6, 6.07) is 5.39. The van der Waals surface area contributed by atoms with Gasteiger partial charge in [0.2, 0.25) is 0 Å². The van der Waals surface area contributed by atoms with Gasteiger partial charge >= 0.3 is 0 Å². The van der Waals surface area contributed by atoms with Gasteiger partial charge in [0.05, 0.1) is 25.1 Å². The van der Waals surface area contributed by atoms with Crippen LogP contribution < -0.4 is 5.32 Å². The van der Waals surface area contributed by atoms with Crippen LogP contribution in [0.15, 0.2) is 30.9 Å². The summed E-state index contributed by atoms with van der Waals surface area (Å²) in [6.45, 7) is 3.88. The lowest BCUT2D eigenvalue weighted by Crippen LogP contribution is -2.46. The van der Waals surface area contributed by atoms with Crippen molar-refractivity contribution in [1.29, 1.82) is 0 Å². The van der Waals surface area contributed by atoms with E-state index < -0.39 is 0 Å². The lowest BCUT2D eigenvalue weighted by Gasteiger charge is -2.39. The summed E-state index contributed by atoms with van der Waals surface area (Å²) in [7, 11) is 1.92. The van der Waals surface area contributed by atoms with E-state index in [2.05, 4.69) is 37.4 Å². The highest BCUT2D eigenvalue weighted by Gasteiger charge is 2.30. The number of halogens is 1. The molecular formula is C25H29ClN6O. The number of morpholine rings is 1. The second kappa shape index (κ2) is 8.70. The third-order valence-corrected chi connectivity index (χ3v) is 7.67. The highest BCUT2D eigenvalue weighted by molar-refractivity contribution is 6.33. The molecule has 3 heterocycles. The molecule has 7 nitrogen and oxygen atoms in total. The van der Waals surface area contributed by atoms with Gasteiger partial charge in [-0.15, -0.1) is 0 Å². The molecular weight excluding hydrogens is 436 g/mol. The van der Waals surface area contributed by atoms with Gasteiger partial charge in [-0.1, -0.05) is 11.6 Å². The number of ether oxygens (including phenoxy) is 1. The van der Waals surface area contributed by atoms with E-state index in [-0.39, 0.29) is 0 Å². The smallest absolute Gasteiger partial charge is 0.137 e. The Hall–Kier alpha value is -2.48. The quantitative estimate of drug-likeness (QED) is 0.489. The number of fused-ring (bicyclic) bond motifs is 3. The molecule has 1 N–H and O–H groups in total. The first kappa shape index (κ1) is 21.1. The Labute approximate surface area is 199 Å². The van der Waals surface area contributed by atoms with E-state index in [0.717, 1.165) is 78.8 Å². The molecule has 0 amide bonds. The Kier molecular flexibility index (Phi) is 5.56. The average Bonchev–Trinajstić information content (AvgIpc) is 3.43. The second-order valence-corrected chi connectivity index (χ2v) is 9.82. The van der Waals surface area contributed by atoms with Crippen molar-refractivity contribution >= 4 is 17.4 Å². The van der Waals surface area contributed by atoms with Crippen LogP contribution in [0.25, 0.3) is 22.3 Å². The SMILES string of the molecule is Cn1cc(-c2cc3c(cc2Cl)Cc2ncnc(NC4CCC(N5CCOCC5)CC4)c2-3)cn1. The van der Waals surface area contributed by atoms with Crippen LogP contribution in [0.4, 0.5) is 5.82 Å². The Bertz CT molecular complexity index is 1160. The molecule has 33 heavy (non-hydrogen) atoms. The van der Waals surface area contributed by atoms with E-state index in [4.69, 9.17) is 16.3 Å². The lowest BCUT2D eigenvalue weighted by atomic mass is 9.89. The Morgan fingerprint density at radius 2 is 1.88 bits per heavy atom. The Morgan fingerprint density at radius 1 is 1.06 bits per heavy atom. The van der Waals surface area contributed by atoms with Crippen molar-refractivity contribution in [1.82, 2.24) is 24.6 Å². The summed E-state index contributed by atoms with van der Waals surface area (Å²) in [5, 5.41) is 8.85. The normalized spacial score (nSPS) is 22.7. The number of hydrogen-bond donors (Lipinski definition) is 1. The van der Waals surface area contributed by atoms with Crippen LogP contribution in [-0.4, -0.2) is 63.0 Å². The number of aromatic nitrogens is 4. The number of benzene rings is 1. The third-order valence-electron chi connectivity index (χ3n) is 7.36. The van der Waals surface area contributed by atoms with Crippen LogP contribution in [0.5, 0.6) is 0 Å². The predicted molar refractivity (Wildman–Crippen MR) is 130 cm³/mol. The molecule has 1 saturated heterocycles. The fraction of sp³-hybridized carbons (Fsp3) is 0.480. The van der Waals surface area contributed by atoms with Crippen LogP contribution in [-0.2, 0) is 18.2 Å². The topological polar surface area (TPSA) is 68.1 Å². The molecule has 3 aliphatic rings. The van der Waals surface area contributed by atoms with Crippen LogP contribution in [0.1, 0.15) is 36.9 Å². The molecule has 172 valence electrons.